The van der Waals surface area contributed by atoms with Crippen LogP contribution in [-0.4, -0.2) is 4.57 Å². The largest absolute Gasteiger partial charge is 0.345 e. The van der Waals surface area contributed by atoms with Gasteiger partial charge in [-0.3, -0.25) is 0 Å². The van der Waals surface area contributed by atoms with Crippen molar-refractivity contribution in [2.45, 2.75) is 26.3 Å². The van der Waals surface area contributed by atoms with Gasteiger partial charge >= 0.3 is 0 Å². The molecule has 1 aromatic carbocycles. The lowest BCUT2D eigenvalue weighted by molar-refractivity contribution is 0.633. The Morgan fingerprint density at radius 1 is 1.33 bits per heavy atom. The molecule has 1 fully saturated rings. The van der Waals surface area contributed by atoms with Crippen molar-refractivity contribution in [2.75, 3.05) is 0 Å². The Hall–Kier alpha value is -0.760. The van der Waals surface area contributed by atoms with Crippen molar-refractivity contribution in [3.05, 3.63) is 34.4 Å². The van der Waals surface area contributed by atoms with Crippen LogP contribution in [0.15, 0.2) is 28.7 Å². The van der Waals surface area contributed by atoms with Crippen molar-refractivity contribution < 1.29 is 0 Å². The zero-order valence-corrected chi connectivity index (χ0v) is 10.4. The van der Waals surface area contributed by atoms with Gasteiger partial charge in [-0.1, -0.05) is 22.0 Å². The molecule has 0 N–H and O–H groups in total. The van der Waals surface area contributed by atoms with Crippen molar-refractivity contribution in [1.29, 1.82) is 0 Å². The van der Waals surface area contributed by atoms with E-state index in [0.717, 1.165) is 5.92 Å². The van der Waals surface area contributed by atoms with E-state index in [1.807, 2.05) is 0 Å². The predicted octanol–water partition coefficient (Wildman–Crippen LogP) is 4.12. The van der Waals surface area contributed by atoms with Crippen LogP contribution >= 0.6 is 15.9 Å². The van der Waals surface area contributed by atoms with Crippen LogP contribution in [0.25, 0.3) is 10.9 Å². The average Bonchev–Trinajstić information content (AvgIpc) is 2.96. The van der Waals surface area contributed by atoms with E-state index in [0.29, 0.717) is 0 Å². The Labute approximate surface area is 98.2 Å². The summed E-state index contributed by atoms with van der Waals surface area (Å²) in [7, 11) is 0. The highest BCUT2D eigenvalue weighted by Gasteiger charge is 2.22. The first-order chi connectivity index (χ1) is 7.24. The maximum atomic E-state index is 3.54. The van der Waals surface area contributed by atoms with Crippen LogP contribution in [0.4, 0.5) is 0 Å². The molecule has 2 aromatic rings. The summed E-state index contributed by atoms with van der Waals surface area (Å²) in [6, 6.07) is 8.81. The second-order valence-electron chi connectivity index (χ2n) is 4.54. The Morgan fingerprint density at radius 3 is 2.87 bits per heavy atom. The molecular formula is C13H14BrN. The first-order valence-electron chi connectivity index (χ1n) is 5.49. The standard InChI is InChI=1S/C13H14BrN/c1-9-6-11-4-5-12(14)7-13(11)15(9)8-10-2-3-10/h4-7,10H,2-3,8H2,1H3. The van der Waals surface area contributed by atoms with Gasteiger partial charge in [0, 0.05) is 22.2 Å². The molecule has 0 amide bonds. The fraction of sp³-hybridized carbons (Fsp3) is 0.385. The Bertz CT molecular complexity index is 508. The number of fused-ring (bicyclic) bond motifs is 1. The predicted molar refractivity (Wildman–Crippen MR) is 67.1 cm³/mol. The molecule has 78 valence electrons. The summed E-state index contributed by atoms with van der Waals surface area (Å²) in [5.41, 5.74) is 2.75. The van der Waals surface area contributed by atoms with Gasteiger partial charge in [0.15, 0.2) is 0 Å². The van der Waals surface area contributed by atoms with Gasteiger partial charge in [-0.05, 0) is 49.3 Å². The van der Waals surface area contributed by atoms with E-state index >= 15 is 0 Å². The van der Waals surface area contributed by atoms with Gasteiger partial charge < -0.3 is 4.57 Å². The van der Waals surface area contributed by atoms with Crippen LogP contribution in [0.3, 0.4) is 0 Å². The van der Waals surface area contributed by atoms with Crippen molar-refractivity contribution in [1.82, 2.24) is 4.57 Å². The molecular weight excluding hydrogens is 250 g/mol. The lowest BCUT2D eigenvalue weighted by atomic mass is 10.2. The quantitative estimate of drug-likeness (QED) is 0.768. The van der Waals surface area contributed by atoms with Crippen LogP contribution in [-0.2, 0) is 6.54 Å². The number of benzene rings is 1. The van der Waals surface area contributed by atoms with Crippen molar-refractivity contribution >= 4 is 26.8 Å². The molecule has 1 aliphatic carbocycles. The first-order valence-corrected chi connectivity index (χ1v) is 6.29. The van der Waals surface area contributed by atoms with Gasteiger partial charge in [-0.15, -0.1) is 0 Å². The molecule has 1 aromatic heterocycles. The van der Waals surface area contributed by atoms with Gasteiger partial charge in [-0.2, -0.15) is 0 Å². The second kappa shape index (κ2) is 3.38. The Morgan fingerprint density at radius 2 is 2.13 bits per heavy atom. The molecule has 0 aliphatic heterocycles. The highest BCUT2D eigenvalue weighted by molar-refractivity contribution is 9.10. The second-order valence-corrected chi connectivity index (χ2v) is 5.46. The molecule has 1 nitrogen and oxygen atoms in total. The minimum absolute atomic E-state index is 0.929. The van der Waals surface area contributed by atoms with Gasteiger partial charge in [0.1, 0.15) is 0 Å². The van der Waals surface area contributed by atoms with Crippen molar-refractivity contribution in [2.24, 2.45) is 5.92 Å². The Balaban J connectivity index is 2.15. The third kappa shape index (κ3) is 1.71. The lowest BCUT2D eigenvalue weighted by Crippen LogP contribution is -2.01. The number of aromatic nitrogens is 1. The summed E-state index contributed by atoms with van der Waals surface area (Å²) >= 11 is 3.54. The molecule has 1 heterocycles. The smallest absolute Gasteiger partial charge is 0.0493 e. The zero-order chi connectivity index (χ0) is 10.4. The van der Waals surface area contributed by atoms with E-state index < -0.39 is 0 Å². The monoisotopic (exact) mass is 263 g/mol. The third-order valence-corrected chi connectivity index (χ3v) is 3.70. The number of rotatable bonds is 2. The van der Waals surface area contributed by atoms with Gasteiger partial charge in [-0.25, -0.2) is 0 Å². The topological polar surface area (TPSA) is 4.93 Å². The maximum Gasteiger partial charge on any atom is 0.0493 e. The van der Waals surface area contributed by atoms with E-state index in [4.69, 9.17) is 0 Å². The van der Waals surface area contributed by atoms with Gasteiger partial charge in [0.25, 0.3) is 0 Å². The van der Waals surface area contributed by atoms with Crippen LogP contribution in [0.1, 0.15) is 18.5 Å². The number of hydrogen-bond acceptors (Lipinski definition) is 0. The Kier molecular flexibility index (Phi) is 2.13. The molecule has 0 spiro atoms. The van der Waals surface area contributed by atoms with Gasteiger partial charge in [0.2, 0.25) is 0 Å². The lowest BCUT2D eigenvalue weighted by Gasteiger charge is -2.06. The third-order valence-electron chi connectivity index (χ3n) is 3.21. The van der Waals surface area contributed by atoms with Crippen molar-refractivity contribution in [3.63, 3.8) is 0 Å². The summed E-state index contributed by atoms with van der Waals surface area (Å²) < 4.78 is 3.63. The summed E-state index contributed by atoms with van der Waals surface area (Å²) in [4.78, 5) is 0. The van der Waals surface area contributed by atoms with E-state index in [2.05, 4.69) is 51.7 Å². The fourth-order valence-corrected chi connectivity index (χ4v) is 2.52. The fourth-order valence-electron chi connectivity index (χ4n) is 2.17. The number of nitrogens with zero attached hydrogens (tertiary/aromatic N) is 1. The van der Waals surface area contributed by atoms with Crippen LogP contribution in [0.2, 0.25) is 0 Å². The molecule has 0 bridgehead atoms. The van der Waals surface area contributed by atoms with Crippen LogP contribution in [0.5, 0.6) is 0 Å². The molecule has 0 unspecified atom stereocenters. The normalized spacial score (nSPS) is 16.1. The van der Waals surface area contributed by atoms with Crippen molar-refractivity contribution in [3.8, 4) is 0 Å². The summed E-state index contributed by atoms with van der Waals surface area (Å²) in [5, 5.41) is 1.36. The minimum Gasteiger partial charge on any atom is -0.345 e. The zero-order valence-electron chi connectivity index (χ0n) is 8.83. The molecule has 1 saturated carbocycles. The van der Waals surface area contributed by atoms with Gasteiger partial charge in [0.05, 0.1) is 0 Å². The van der Waals surface area contributed by atoms with Crippen LogP contribution in [0, 0.1) is 12.8 Å². The average molecular weight is 264 g/mol. The number of halogens is 1. The minimum atomic E-state index is 0.929. The number of aryl methyl sites for hydroxylation is 1. The summed E-state index contributed by atoms with van der Waals surface area (Å²) in [5.74, 6) is 0.929. The molecule has 0 atom stereocenters. The SMILES string of the molecule is Cc1cc2ccc(Br)cc2n1CC1CC1. The first kappa shape index (κ1) is 9.46. The molecule has 0 radical (unpaired) electrons. The highest BCUT2D eigenvalue weighted by atomic mass is 79.9. The summed E-state index contributed by atoms with van der Waals surface area (Å²) in [6.07, 6.45) is 2.82. The maximum absolute atomic E-state index is 3.54. The molecule has 15 heavy (non-hydrogen) atoms. The van der Waals surface area contributed by atoms with E-state index in [1.165, 1.54) is 40.5 Å². The highest BCUT2D eigenvalue weighted by Crippen LogP contribution is 2.33. The van der Waals surface area contributed by atoms with E-state index in [1.54, 1.807) is 0 Å². The molecule has 1 aliphatic rings. The molecule has 0 saturated heterocycles. The van der Waals surface area contributed by atoms with E-state index in [9.17, 15) is 0 Å². The van der Waals surface area contributed by atoms with Crippen LogP contribution < -0.4 is 0 Å². The molecule has 2 heteroatoms. The number of hydrogen-bond donors (Lipinski definition) is 0. The molecule has 3 rings (SSSR count). The van der Waals surface area contributed by atoms with E-state index in [-0.39, 0.29) is 0 Å². The summed E-state index contributed by atoms with van der Waals surface area (Å²) in [6.45, 7) is 3.40.